The van der Waals surface area contributed by atoms with Gasteiger partial charge in [0.05, 0.1) is 56.6 Å². The Morgan fingerprint density at radius 3 is 2.09 bits per heavy atom. The van der Waals surface area contributed by atoms with Crippen LogP contribution < -0.4 is 24.4 Å². The van der Waals surface area contributed by atoms with Crippen LogP contribution in [0.3, 0.4) is 0 Å². The number of rotatable bonds is 19. The Morgan fingerprint density at radius 2 is 1.48 bits per heavy atom. The molecular weight excluding hydrogens is 725 g/mol. The molecule has 0 aliphatic heterocycles. The summed E-state index contributed by atoms with van der Waals surface area (Å²) in [5.74, 6) is -2.68. The summed E-state index contributed by atoms with van der Waals surface area (Å²) >= 11 is 0. The number of hydrogen-bond acceptors (Lipinski definition) is 9. The Hall–Kier alpha value is -5.09. The molecule has 0 aliphatic carbocycles. The highest BCUT2D eigenvalue weighted by atomic mass is 32.2. The maximum absolute atomic E-state index is 14.0. The summed E-state index contributed by atoms with van der Waals surface area (Å²) in [7, 11) is 0.447. The van der Waals surface area contributed by atoms with Gasteiger partial charge in [-0.15, -0.1) is 0 Å². The third kappa shape index (κ3) is 12.2. The van der Waals surface area contributed by atoms with Crippen LogP contribution in [0.25, 0.3) is 0 Å². The molecule has 2 amide bonds. The fourth-order valence-corrected chi connectivity index (χ4v) is 5.87. The van der Waals surface area contributed by atoms with E-state index in [9.17, 15) is 31.9 Å². The quantitative estimate of drug-likeness (QED) is 0.119. The highest BCUT2D eigenvalue weighted by molar-refractivity contribution is 7.92. The van der Waals surface area contributed by atoms with Crippen molar-refractivity contribution >= 4 is 27.5 Å². The number of methoxy groups -OCH3 is 2. The zero-order chi connectivity index (χ0) is 39.4. The number of carbonyl (C=O) groups excluding carboxylic acids is 2. The number of nitrogens with zero attached hydrogens (tertiary/aromatic N) is 1. The van der Waals surface area contributed by atoms with Crippen molar-refractivity contribution in [1.82, 2.24) is 10.6 Å². The summed E-state index contributed by atoms with van der Waals surface area (Å²) in [6.45, 7) is 1.61. The minimum Gasteiger partial charge on any atom is -0.497 e. The minimum atomic E-state index is -3.82. The van der Waals surface area contributed by atoms with Crippen LogP contribution in [-0.2, 0) is 26.1 Å². The van der Waals surface area contributed by atoms with Crippen molar-refractivity contribution in [3.8, 4) is 11.5 Å². The number of aliphatic hydroxyl groups excluding tert-OH is 1. The lowest BCUT2D eigenvalue weighted by Gasteiger charge is -2.27. The molecule has 4 aromatic carbocycles. The van der Waals surface area contributed by atoms with E-state index in [4.69, 9.17) is 18.9 Å². The summed E-state index contributed by atoms with van der Waals surface area (Å²) in [6.07, 6.45) is -1.11. The van der Waals surface area contributed by atoms with E-state index in [1.54, 1.807) is 20.1 Å². The van der Waals surface area contributed by atoms with Crippen LogP contribution in [0.2, 0.25) is 0 Å². The molecule has 0 unspecified atom stereocenters. The van der Waals surface area contributed by atoms with Gasteiger partial charge in [0.2, 0.25) is 10.0 Å². The highest BCUT2D eigenvalue weighted by Crippen LogP contribution is 2.23. The van der Waals surface area contributed by atoms with Crippen LogP contribution in [0.1, 0.15) is 51.2 Å². The monoisotopic (exact) mass is 769 g/mol. The molecule has 0 fully saturated rings. The second kappa shape index (κ2) is 19.3. The molecule has 0 saturated heterocycles. The summed E-state index contributed by atoms with van der Waals surface area (Å²) in [6, 6.07) is 21.3. The fraction of sp³-hybridized carbons (Fsp3) is 0.333. The van der Waals surface area contributed by atoms with Crippen LogP contribution in [0.15, 0.2) is 91.0 Å². The van der Waals surface area contributed by atoms with E-state index in [1.165, 1.54) is 32.4 Å². The molecule has 0 saturated carbocycles. The van der Waals surface area contributed by atoms with Gasteiger partial charge in [-0.05, 0) is 48.4 Å². The number of ether oxygens (including phenoxy) is 4. The van der Waals surface area contributed by atoms with E-state index in [1.807, 2.05) is 48.5 Å². The molecule has 4 atom stereocenters. The van der Waals surface area contributed by atoms with Crippen molar-refractivity contribution in [3.05, 3.63) is 125 Å². The van der Waals surface area contributed by atoms with Gasteiger partial charge in [0.1, 0.15) is 29.7 Å². The number of anilines is 1. The lowest BCUT2D eigenvalue weighted by Crippen LogP contribution is -2.48. The molecule has 12 nitrogen and oxygen atoms in total. The third-order valence-electron chi connectivity index (χ3n) is 8.54. The van der Waals surface area contributed by atoms with E-state index < -0.39 is 64.4 Å². The van der Waals surface area contributed by atoms with Gasteiger partial charge in [0.25, 0.3) is 11.8 Å². The van der Waals surface area contributed by atoms with Crippen LogP contribution >= 0.6 is 0 Å². The van der Waals surface area contributed by atoms with E-state index in [2.05, 4.69) is 10.6 Å². The first-order valence-corrected chi connectivity index (χ1v) is 18.8. The number of halogens is 2. The van der Waals surface area contributed by atoms with Gasteiger partial charge in [-0.25, -0.2) is 17.2 Å². The Balaban J connectivity index is 1.58. The molecule has 0 aromatic heterocycles. The lowest BCUT2D eigenvalue weighted by atomic mass is 10.0. The van der Waals surface area contributed by atoms with Gasteiger partial charge in [0, 0.05) is 49.9 Å². The molecule has 0 radical (unpaired) electrons. The molecule has 4 rings (SSSR count). The zero-order valence-corrected chi connectivity index (χ0v) is 31.4. The number of amides is 2. The topological polar surface area (TPSA) is 153 Å². The van der Waals surface area contributed by atoms with E-state index in [0.717, 1.165) is 33.8 Å². The molecule has 0 spiro atoms. The van der Waals surface area contributed by atoms with E-state index >= 15 is 0 Å². The largest absolute Gasteiger partial charge is 0.497 e. The number of nitrogens with one attached hydrogen (secondary N) is 2. The second-order valence-electron chi connectivity index (χ2n) is 12.6. The van der Waals surface area contributed by atoms with Crippen LogP contribution in [0, 0.1) is 11.6 Å². The van der Waals surface area contributed by atoms with Gasteiger partial charge in [-0.2, -0.15) is 0 Å². The van der Waals surface area contributed by atoms with Gasteiger partial charge < -0.3 is 34.7 Å². The predicted octanol–water partition coefficient (Wildman–Crippen LogP) is 5.02. The van der Waals surface area contributed by atoms with Crippen molar-refractivity contribution in [2.24, 2.45) is 0 Å². The van der Waals surface area contributed by atoms with Crippen molar-refractivity contribution < 1.29 is 50.8 Å². The third-order valence-corrected chi connectivity index (χ3v) is 9.75. The Morgan fingerprint density at radius 1 is 0.833 bits per heavy atom. The van der Waals surface area contributed by atoms with E-state index in [0.29, 0.717) is 11.8 Å². The first kappa shape index (κ1) is 41.7. The summed E-state index contributed by atoms with van der Waals surface area (Å²) in [5, 5.41) is 17.0. The summed E-state index contributed by atoms with van der Waals surface area (Å²) in [4.78, 5) is 27.4. The Bertz CT molecular complexity index is 1970. The van der Waals surface area contributed by atoms with Crippen LogP contribution in [-0.4, -0.2) is 84.3 Å². The van der Waals surface area contributed by atoms with Crippen molar-refractivity contribution in [3.63, 3.8) is 0 Å². The highest BCUT2D eigenvalue weighted by Gasteiger charge is 2.28. The second-order valence-corrected chi connectivity index (χ2v) is 14.6. The van der Waals surface area contributed by atoms with Gasteiger partial charge in [-0.1, -0.05) is 42.5 Å². The molecule has 54 heavy (non-hydrogen) atoms. The number of carbonyl (C=O) groups is 2. The Labute approximate surface area is 314 Å². The molecule has 0 aliphatic rings. The number of hydrogen-bond donors (Lipinski definition) is 3. The molecule has 0 bridgehead atoms. The molecule has 15 heteroatoms. The molecule has 290 valence electrons. The smallest absolute Gasteiger partial charge is 0.251 e. The average molecular weight is 770 g/mol. The first-order valence-electron chi connectivity index (χ1n) is 16.9. The Kier molecular flexibility index (Phi) is 14.9. The van der Waals surface area contributed by atoms with Gasteiger partial charge in [0.15, 0.2) is 0 Å². The van der Waals surface area contributed by atoms with Crippen molar-refractivity contribution in [2.75, 3.05) is 45.0 Å². The van der Waals surface area contributed by atoms with Crippen molar-refractivity contribution in [1.29, 1.82) is 0 Å². The predicted molar refractivity (Wildman–Crippen MR) is 199 cm³/mol. The zero-order valence-electron chi connectivity index (χ0n) is 30.6. The SMILES string of the molecule is COc1cccc(COC[C@@H](C[C@H](O)[C@H](COc2cc(F)cc(F)c2)NC(=O)c2cc(C(=O)N[C@H](C)c3ccccc3)cc(N(C)S(C)(=O)=O)c2)OC)c1. The standard InChI is InChI=1S/C39H45F2N3O9S/c1-25(27-11-7-6-8-12-27)42-38(46)28-15-29(17-32(16-28)44(2)54(5,48)49)39(47)43-36(24-53-34-19-30(40)18-31(41)20-34)37(45)21-35(51-4)23-52-22-26-10-9-13-33(14-26)50-3/h6-20,25,35-37,45H,21-24H2,1-5H3,(H,42,46)(H,43,47)/t25-,35-,36+,37+/m1/s1. The first-order chi connectivity index (χ1) is 25.7. The average Bonchev–Trinajstić information content (AvgIpc) is 3.14. The van der Waals surface area contributed by atoms with Crippen LogP contribution in [0.4, 0.5) is 14.5 Å². The van der Waals surface area contributed by atoms with Crippen molar-refractivity contribution in [2.45, 2.75) is 44.2 Å². The maximum Gasteiger partial charge on any atom is 0.251 e. The van der Waals surface area contributed by atoms with Crippen LogP contribution in [0.5, 0.6) is 11.5 Å². The number of aliphatic hydroxyl groups is 1. The van der Waals surface area contributed by atoms with Gasteiger partial charge in [-0.3, -0.25) is 13.9 Å². The van der Waals surface area contributed by atoms with Gasteiger partial charge >= 0.3 is 0 Å². The molecular formula is C39H45F2N3O9S. The molecule has 4 aromatic rings. The maximum atomic E-state index is 14.0. The molecule has 0 heterocycles. The summed E-state index contributed by atoms with van der Waals surface area (Å²) < 4.78 is 76.1. The fourth-order valence-electron chi connectivity index (χ4n) is 5.39. The molecule has 3 N–H and O–H groups in total. The normalized spacial score (nSPS) is 13.6. The number of benzene rings is 4. The van der Waals surface area contributed by atoms with E-state index in [-0.39, 0.29) is 42.2 Å². The summed E-state index contributed by atoms with van der Waals surface area (Å²) in [5.41, 5.74) is 1.57. The number of sulfonamides is 1. The lowest BCUT2D eigenvalue weighted by molar-refractivity contribution is -0.0311. The minimum absolute atomic E-state index is 0.00727.